The van der Waals surface area contributed by atoms with Gasteiger partial charge in [0.05, 0.1) is 0 Å². The number of fused-ring (bicyclic) bond motifs is 2. The zero-order chi connectivity index (χ0) is 20.1. The topological polar surface area (TPSA) is 0 Å². The lowest BCUT2D eigenvalue weighted by Gasteiger charge is -2.09. The van der Waals surface area contributed by atoms with Crippen LogP contribution in [-0.2, 0) is 12.8 Å². The Morgan fingerprint density at radius 3 is 1.24 bits per heavy atom. The number of aryl methyl sites for hydroxylation is 2. The first-order chi connectivity index (χ1) is 14.2. The van der Waals surface area contributed by atoms with Gasteiger partial charge in [0.15, 0.2) is 0 Å². The number of hydrogen-bond donors (Lipinski definition) is 0. The Kier molecular flexibility index (Phi) is 7.05. The van der Waals surface area contributed by atoms with E-state index in [1.807, 2.05) is 0 Å². The predicted molar refractivity (Wildman–Crippen MR) is 134 cm³/mol. The second-order valence-corrected chi connectivity index (χ2v) is 9.48. The van der Waals surface area contributed by atoms with Crippen LogP contribution in [0.15, 0.2) is 81.7 Å². The molecule has 2 heteroatoms. The van der Waals surface area contributed by atoms with Gasteiger partial charge in [0.25, 0.3) is 0 Å². The van der Waals surface area contributed by atoms with Crippen LogP contribution in [0.2, 0.25) is 0 Å². The molecule has 0 saturated carbocycles. The quantitative estimate of drug-likeness (QED) is 0.207. The molecule has 0 N–H and O–H groups in total. The highest BCUT2D eigenvalue weighted by Gasteiger charge is 2.05. The number of halogens is 2. The molecule has 0 aromatic heterocycles. The smallest absolute Gasteiger partial charge is 0.0253 e. The van der Waals surface area contributed by atoms with Gasteiger partial charge in [-0.25, -0.2) is 0 Å². The van der Waals surface area contributed by atoms with Crippen molar-refractivity contribution < 1.29 is 0 Å². The fourth-order valence-electron chi connectivity index (χ4n) is 4.25. The summed E-state index contributed by atoms with van der Waals surface area (Å²) in [6.07, 6.45) is 8.83. The third-order valence-corrected chi connectivity index (χ3v) is 7.20. The summed E-state index contributed by atoms with van der Waals surface area (Å²) in [4.78, 5) is 0. The molecule has 0 bridgehead atoms. The van der Waals surface area contributed by atoms with E-state index in [0.717, 1.165) is 0 Å². The van der Waals surface area contributed by atoms with Crippen LogP contribution in [0.4, 0.5) is 0 Å². The van der Waals surface area contributed by atoms with Gasteiger partial charge in [-0.15, -0.1) is 0 Å². The maximum absolute atomic E-state index is 3.68. The van der Waals surface area contributed by atoms with Gasteiger partial charge < -0.3 is 0 Å². The second-order valence-electron chi connectivity index (χ2n) is 7.77. The van der Waals surface area contributed by atoms with Crippen molar-refractivity contribution in [1.29, 1.82) is 0 Å². The Morgan fingerprint density at radius 2 is 0.793 bits per heavy atom. The number of hydrogen-bond acceptors (Lipinski definition) is 0. The van der Waals surface area contributed by atoms with Crippen LogP contribution in [0.5, 0.6) is 0 Å². The second kappa shape index (κ2) is 9.91. The molecule has 0 atom stereocenters. The Balaban J connectivity index is 1.25. The molecular formula is C27H26Br2. The van der Waals surface area contributed by atoms with E-state index in [0.29, 0.717) is 0 Å². The minimum atomic E-state index is 1.17. The average molecular weight is 510 g/mol. The third-order valence-electron chi connectivity index (χ3n) is 5.81. The van der Waals surface area contributed by atoms with E-state index in [-0.39, 0.29) is 0 Å². The monoisotopic (exact) mass is 508 g/mol. The molecule has 0 aliphatic carbocycles. The van der Waals surface area contributed by atoms with E-state index in [1.54, 1.807) is 0 Å². The van der Waals surface area contributed by atoms with Gasteiger partial charge in [-0.2, -0.15) is 0 Å². The Hall–Kier alpha value is -1.64. The maximum atomic E-state index is 3.68. The molecule has 0 heterocycles. The van der Waals surface area contributed by atoms with Crippen molar-refractivity contribution >= 4 is 53.4 Å². The summed E-state index contributed by atoms with van der Waals surface area (Å²) in [7, 11) is 0. The highest BCUT2D eigenvalue weighted by Crippen LogP contribution is 2.29. The van der Waals surface area contributed by atoms with E-state index in [1.165, 1.54) is 86.6 Å². The highest BCUT2D eigenvalue weighted by molar-refractivity contribution is 9.11. The summed E-state index contributed by atoms with van der Waals surface area (Å²) >= 11 is 7.35. The normalized spacial score (nSPS) is 11.4. The number of unbranched alkanes of at least 4 members (excludes halogenated alkanes) is 4. The van der Waals surface area contributed by atoms with Crippen LogP contribution in [-0.4, -0.2) is 0 Å². The maximum Gasteiger partial charge on any atom is 0.0253 e. The molecule has 0 aliphatic rings. The first-order valence-electron chi connectivity index (χ1n) is 10.6. The lowest BCUT2D eigenvalue weighted by Crippen LogP contribution is -1.91. The molecule has 4 aromatic carbocycles. The average Bonchev–Trinajstić information content (AvgIpc) is 2.76. The summed E-state index contributed by atoms with van der Waals surface area (Å²) in [6.45, 7) is 0. The van der Waals surface area contributed by atoms with E-state index in [4.69, 9.17) is 0 Å². The fraction of sp³-hybridized carbons (Fsp3) is 0.259. The van der Waals surface area contributed by atoms with E-state index >= 15 is 0 Å². The molecule has 0 saturated heterocycles. The van der Waals surface area contributed by atoms with Crippen LogP contribution in [0.1, 0.15) is 43.2 Å². The van der Waals surface area contributed by atoms with Crippen LogP contribution >= 0.6 is 31.9 Å². The molecule has 0 spiro atoms. The van der Waals surface area contributed by atoms with Gasteiger partial charge in [-0.1, -0.05) is 112 Å². The van der Waals surface area contributed by atoms with Gasteiger partial charge in [0.2, 0.25) is 0 Å². The van der Waals surface area contributed by atoms with Gasteiger partial charge in [-0.3, -0.25) is 0 Å². The Morgan fingerprint density at radius 1 is 0.414 bits per heavy atom. The summed E-state index contributed by atoms with van der Waals surface area (Å²) in [5, 5.41) is 5.44. The molecule has 0 radical (unpaired) electrons. The standard InChI is InChI=1S/C27H26Br2/c28-26-18-16-20(22-12-6-8-14-24(22)26)10-4-2-1-3-5-11-21-17-19-27(29)25-15-9-7-13-23(21)25/h6-9,12-19H,1-5,10-11H2. The molecule has 0 unspecified atom stereocenters. The SMILES string of the molecule is Brc1ccc(CCCCCCCc2ccc(Br)c3ccccc23)c2ccccc12. The fourth-order valence-corrected chi connectivity index (χ4v) is 5.20. The Bertz CT molecular complexity index is 1020. The molecule has 0 fully saturated rings. The Labute approximate surface area is 190 Å². The van der Waals surface area contributed by atoms with E-state index in [2.05, 4.69) is 105 Å². The molecule has 148 valence electrons. The molecule has 0 aliphatic heterocycles. The van der Waals surface area contributed by atoms with Crippen molar-refractivity contribution in [1.82, 2.24) is 0 Å². The molecule has 0 amide bonds. The van der Waals surface area contributed by atoms with Gasteiger partial charge in [0.1, 0.15) is 0 Å². The van der Waals surface area contributed by atoms with Gasteiger partial charge in [0, 0.05) is 8.95 Å². The van der Waals surface area contributed by atoms with Crippen molar-refractivity contribution in [3.8, 4) is 0 Å². The van der Waals surface area contributed by atoms with E-state index < -0.39 is 0 Å². The van der Waals surface area contributed by atoms with E-state index in [9.17, 15) is 0 Å². The molecule has 0 nitrogen and oxygen atoms in total. The van der Waals surface area contributed by atoms with Crippen molar-refractivity contribution in [2.24, 2.45) is 0 Å². The van der Waals surface area contributed by atoms with Crippen LogP contribution in [0.25, 0.3) is 21.5 Å². The molecule has 29 heavy (non-hydrogen) atoms. The predicted octanol–water partition coefficient (Wildman–Crippen LogP) is 9.25. The van der Waals surface area contributed by atoms with Crippen molar-refractivity contribution in [2.75, 3.05) is 0 Å². The lowest BCUT2D eigenvalue weighted by atomic mass is 9.97. The van der Waals surface area contributed by atoms with Crippen LogP contribution in [0, 0.1) is 0 Å². The third kappa shape index (κ3) is 4.92. The molecular weight excluding hydrogens is 484 g/mol. The number of benzene rings is 4. The largest absolute Gasteiger partial charge is 0.0616 e. The summed E-state index contributed by atoms with van der Waals surface area (Å²) in [5.41, 5.74) is 2.95. The minimum Gasteiger partial charge on any atom is -0.0616 e. The van der Waals surface area contributed by atoms with Gasteiger partial charge >= 0.3 is 0 Å². The lowest BCUT2D eigenvalue weighted by molar-refractivity contribution is 0.615. The van der Waals surface area contributed by atoms with Crippen LogP contribution in [0.3, 0.4) is 0 Å². The zero-order valence-electron chi connectivity index (χ0n) is 16.6. The summed E-state index contributed by atoms with van der Waals surface area (Å²) in [5.74, 6) is 0. The first kappa shape index (κ1) is 20.6. The highest BCUT2D eigenvalue weighted by atomic mass is 79.9. The molecule has 4 aromatic rings. The van der Waals surface area contributed by atoms with Crippen molar-refractivity contribution in [2.45, 2.75) is 44.9 Å². The molecule has 4 rings (SSSR count). The van der Waals surface area contributed by atoms with Crippen molar-refractivity contribution in [3.05, 3.63) is 92.9 Å². The minimum absolute atomic E-state index is 1.17. The summed E-state index contributed by atoms with van der Waals surface area (Å²) in [6, 6.07) is 26.4. The van der Waals surface area contributed by atoms with Crippen LogP contribution < -0.4 is 0 Å². The zero-order valence-corrected chi connectivity index (χ0v) is 19.8. The first-order valence-corrected chi connectivity index (χ1v) is 12.1. The van der Waals surface area contributed by atoms with Crippen molar-refractivity contribution in [3.63, 3.8) is 0 Å². The number of rotatable bonds is 8. The van der Waals surface area contributed by atoms with Gasteiger partial charge in [-0.05, 0) is 70.5 Å². The summed E-state index contributed by atoms with van der Waals surface area (Å²) < 4.78 is 2.38.